The molecule has 6 heterocycles. The fraction of sp³-hybridized carbons (Fsp3) is 0.839. The van der Waals surface area contributed by atoms with Gasteiger partial charge in [0.05, 0.1) is 121 Å². The zero-order valence-electron chi connectivity index (χ0n) is 70.2. The van der Waals surface area contributed by atoms with Crippen molar-refractivity contribution < 1.29 is 130 Å². The zero-order valence-corrected chi connectivity index (χ0v) is 95.6. The fourth-order valence-corrected chi connectivity index (χ4v) is 14.8. The Kier molecular flexibility index (Phi) is 74.8. The summed E-state index contributed by atoms with van der Waals surface area (Å²) in [4.78, 5) is 41.5. The molecule has 6 fully saturated rings. The van der Waals surface area contributed by atoms with Gasteiger partial charge in [0.25, 0.3) is 0 Å². The smallest absolute Gasteiger partial charge is 1.00 e. The van der Waals surface area contributed by atoms with E-state index in [0.717, 1.165) is 17.9 Å². The molecule has 0 aliphatic carbocycles. The van der Waals surface area contributed by atoms with Crippen molar-refractivity contribution >= 4 is 352 Å². The van der Waals surface area contributed by atoms with E-state index in [1.807, 2.05) is 13.8 Å². The molecule has 0 aromatic carbocycles. The molecule has 0 bridgehead atoms. The number of hydroxylamine groups is 2. The van der Waals surface area contributed by atoms with Crippen LogP contribution in [0.25, 0.3) is 0 Å². The summed E-state index contributed by atoms with van der Waals surface area (Å²) in [5.74, 6) is -0.562. The van der Waals surface area contributed by atoms with Gasteiger partial charge in [0.15, 0.2) is 16.6 Å². The average molecular weight is 2310 g/mol. The molecule has 41 heteroatoms. The van der Waals surface area contributed by atoms with Crippen molar-refractivity contribution in [3.8, 4) is 6.07 Å². The number of phosphoric ester groups is 2. The number of ether oxygens (including phenoxy) is 6. The second-order valence-corrected chi connectivity index (χ2v) is 40.0. The van der Waals surface area contributed by atoms with Crippen LogP contribution in [0.4, 0.5) is 0 Å². The summed E-state index contributed by atoms with van der Waals surface area (Å²) in [6, 6.07) is 1.75. The number of aliphatic hydroxyl groups is 3. The minimum atomic E-state index is -4.07. The minimum absolute atomic E-state index is 0. The number of carbonyl (C=O) groups is 3. The maximum atomic E-state index is 13.5. The summed E-state index contributed by atoms with van der Waals surface area (Å²) in [5, 5.41) is 35.9. The van der Waals surface area contributed by atoms with E-state index < -0.39 is 77.2 Å². The number of hydrogen-bond acceptors (Lipinski definition) is 27. The molecule has 0 spiro atoms. The number of hydrogen-bond donors (Lipinski definition) is 3. The SMILES string of the molecule is C.CC#N.CC[C@H]1O[CH-]C[C@H]1O[P+](=O)OC[C@H]1O[CH-]C[C@H]1O[Si](C)(C)C(C)(C)C.CC[C@H]1O[CH-]C[C@H]1O[P@@](=O)(OCCC(=O)N(C)C)OC[C@H]1O[CH-]C[C@H]1O[Si](C)(C)C(C)(C)C.CN(C)C(=O)CCO[P@@](=O)(OC[C@H]1O[CH-]C[C@H]1O)O[C@@H]1C[CH-]O[C@@H]1CO.CON(C)C(=O)CCO.[Ba+2].[Ba+2].[Ba+2].[Ba+2].[Ba+2].[Ba+2].[H-].[H-].[H-].[H-].[H-].[H-]. The number of nitriles is 1. The quantitative estimate of drug-likeness (QED) is 0.0239. The van der Waals surface area contributed by atoms with E-state index in [-0.39, 0.29) is 439 Å². The molecule has 0 aromatic rings. The van der Waals surface area contributed by atoms with Crippen molar-refractivity contribution in [1.29, 1.82) is 5.26 Å². The maximum absolute atomic E-state index is 13.5. The summed E-state index contributed by atoms with van der Waals surface area (Å²) >= 11 is 0. The third-order valence-corrected chi connectivity index (χ3v) is 29.4. The van der Waals surface area contributed by atoms with Gasteiger partial charge in [-0.1, -0.05) is 62.8 Å². The molecule has 6 saturated heterocycles. The van der Waals surface area contributed by atoms with Gasteiger partial charge in [0, 0.05) is 65.0 Å². The van der Waals surface area contributed by atoms with Crippen molar-refractivity contribution in [2.24, 2.45) is 0 Å². The monoisotopic (exact) mass is 2320 g/mol. The van der Waals surface area contributed by atoms with Crippen molar-refractivity contribution in [3.05, 3.63) is 39.6 Å². The molecular formula is C62H124Ba6N4O26P3Si2+. The van der Waals surface area contributed by atoms with Crippen LogP contribution in [0.5, 0.6) is 0 Å². The van der Waals surface area contributed by atoms with Crippen molar-refractivity contribution in [2.45, 2.75) is 250 Å². The first-order valence-corrected chi connectivity index (χ1v) is 42.2. The molecule has 30 nitrogen and oxygen atoms in total. The summed E-state index contributed by atoms with van der Waals surface area (Å²) in [5.41, 5.74) is 0. The van der Waals surface area contributed by atoms with E-state index in [1.165, 1.54) is 44.1 Å². The largest absolute Gasteiger partial charge is 2.00 e. The Hall–Kier alpha value is 7.52. The normalized spacial score (nSPS) is 25.4. The molecule has 0 radical (unpaired) electrons. The average Bonchev–Trinajstić information content (AvgIpc) is 1.82. The van der Waals surface area contributed by atoms with Crippen molar-refractivity contribution in [1.82, 2.24) is 14.9 Å². The Morgan fingerprint density at radius 3 is 1.26 bits per heavy atom. The number of aliphatic hydroxyl groups excluding tert-OH is 3. The summed E-state index contributed by atoms with van der Waals surface area (Å²) in [6.07, 6.45) is 0.125. The van der Waals surface area contributed by atoms with Gasteiger partial charge in [-0.05, 0) is 49.1 Å². The van der Waals surface area contributed by atoms with Crippen molar-refractivity contribution in [3.63, 3.8) is 0 Å². The summed E-state index contributed by atoms with van der Waals surface area (Å²) in [7, 11) is -4.76. The van der Waals surface area contributed by atoms with E-state index in [4.69, 9.17) is 83.8 Å². The van der Waals surface area contributed by atoms with Crippen LogP contribution in [-0.4, -0.2) is 520 Å². The third-order valence-electron chi connectivity index (χ3n) is 16.6. The van der Waals surface area contributed by atoms with Gasteiger partial charge in [-0.2, -0.15) is 5.26 Å². The fourth-order valence-electron chi connectivity index (χ4n) is 8.53. The van der Waals surface area contributed by atoms with E-state index >= 15 is 0 Å². The van der Waals surface area contributed by atoms with Gasteiger partial charge in [-0.15, -0.1) is 47.6 Å². The molecule has 1 unspecified atom stereocenters. The number of nitrogens with zero attached hydrogens (tertiary/aromatic N) is 4. The summed E-state index contributed by atoms with van der Waals surface area (Å²) in [6.45, 7) is 36.4. The van der Waals surface area contributed by atoms with Crippen LogP contribution in [0.2, 0.25) is 36.3 Å². The van der Waals surface area contributed by atoms with Crippen LogP contribution in [0.3, 0.4) is 0 Å². The standard InChI is InChI=1S/C22H42NO8PSi.C17H32O6PSi.C15H26NO9P.C5H11NO3.C2H3N.CH4.6Ba.6H/c1-9-17-18(10-13-26-17)30-32(25,28-15-12-21(24)23(5)6)29-16-20-19(11-14-27-20)31-33(7,8)22(2,3)4;1-7-13-14(8-10-19-13)22-24(18)21-12-16-15(9-11-20-16)23-25(5,6)17(2,3)4;1-16(2)15(19)5-8-23-26(20,24-10-14-11(18)3-6-22-14)25-12-4-7-21-13(12)9-17;1-6(9-2)5(8)3-4-7;1-2-3;;;;;;;;;;;;;/h13-14,17-20H,9-12,15-16H2,1-8H3;10-11,13-16H,7-9,12H2,1-6H3;6-7,11-14,17-18H,3-5,8-10H2,1-2H3;7H,3-4H2,1-2H3;1H3;1H4;;;;;;;;;;;;/q-2;-1;-2;;;;6*+2;6*-1/t17-,18-,19-,20-,32+;13-,14-,15-,16-;11-,12-,13-,14-,26+;;;;;;;;;;;;;;;/m111.............../s1. The van der Waals surface area contributed by atoms with Crippen LogP contribution < -0.4 is 0 Å². The first-order valence-electron chi connectivity index (χ1n) is 32.4. The second-order valence-electron chi connectivity index (χ2n) is 26.3. The third kappa shape index (κ3) is 47.4. The molecule has 103 heavy (non-hydrogen) atoms. The van der Waals surface area contributed by atoms with E-state index in [1.54, 1.807) is 60.7 Å². The molecule has 6 aliphatic rings. The van der Waals surface area contributed by atoms with Crippen LogP contribution >= 0.6 is 23.9 Å². The molecule has 15 atom stereocenters. The van der Waals surface area contributed by atoms with Gasteiger partial charge >= 0.3 is 317 Å². The Morgan fingerprint density at radius 2 is 0.903 bits per heavy atom. The minimum Gasteiger partial charge on any atom is -1.00 e. The molecular weight excluding hydrogens is 2190 g/mol. The van der Waals surface area contributed by atoms with Gasteiger partial charge in [-0.25, -0.2) is 53.8 Å². The Morgan fingerprint density at radius 1 is 0.563 bits per heavy atom. The van der Waals surface area contributed by atoms with Gasteiger partial charge < -0.3 is 71.0 Å². The topological polar surface area (TPSA) is 354 Å². The Balaban J connectivity index is -0.000000115. The Labute approximate surface area is 870 Å². The summed E-state index contributed by atoms with van der Waals surface area (Å²) < 4.78 is 128. The molecule has 0 saturated carbocycles. The van der Waals surface area contributed by atoms with E-state index in [9.17, 15) is 38.3 Å². The molecule has 6 rings (SSSR count). The first-order chi connectivity index (χ1) is 44.9. The second kappa shape index (κ2) is 63.5. The van der Waals surface area contributed by atoms with Crippen LogP contribution in [0.15, 0.2) is 0 Å². The molecule has 0 aromatic heterocycles. The molecule has 582 valence electrons. The molecule has 6 aliphatic heterocycles. The van der Waals surface area contributed by atoms with Gasteiger partial charge in [0.2, 0.25) is 17.7 Å². The van der Waals surface area contributed by atoms with Crippen LogP contribution in [0.1, 0.15) is 149 Å². The number of amides is 3. The molecule has 3 amide bonds. The van der Waals surface area contributed by atoms with Gasteiger partial charge in [-0.3, -0.25) is 46.4 Å². The van der Waals surface area contributed by atoms with E-state index in [0.29, 0.717) is 38.5 Å². The van der Waals surface area contributed by atoms with E-state index in [2.05, 4.69) is 72.6 Å². The maximum Gasteiger partial charge on any atom is 2.00 e. The predicted octanol–water partition coefficient (Wildman–Crippen LogP) is 8.63. The van der Waals surface area contributed by atoms with Crippen LogP contribution in [-0.2, 0) is 106 Å². The van der Waals surface area contributed by atoms with Gasteiger partial charge in [0.1, 0.15) is 12.7 Å². The predicted molar refractivity (Wildman–Crippen MR) is 405 cm³/mol. The Bertz CT molecular complexity index is 2480. The first kappa shape index (κ1) is 121. The number of rotatable bonds is 33. The number of phosphoric acid groups is 2. The molecule has 3 N–H and O–H groups in total. The van der Waals surface area contributed by atoms with Crippen LogP contribution in [0, 0.1) is 51.0 Å². The zero-order chi connectivity index (χ0) is 72.7. The number of carbonyl (C=O) groups excluding carboxylic acids is 3. The van der Waals surface area contributed by atoms with Crippen molar-refractivity contribution in [2.75, 3.05) is 88.6 Å².